The number of hydrogen-bond acceptors (Lipinski definition) is 5. The average Bonchev–Trinajstić information content (AvgIpc) is 2.80. The molecule has 0 aliphatic carbocycles. The topological polar surface area (TPSA) is 66.5 Å². The van der Waals surface area contributed by atoms with E-state index < -0.39 is 14.9 Å². The number of rotatable bonds is 15. The second-order valence-electron chi connectivity index (χ2n) is 14.7. The second-order valence-corrected chi connectivity index (χ2v) is 17.4. The van der Waals surface area contributed by atoms with Gasteiger partial charge in [-0.3, -0.25) is 19.3 Å². The van der Waals surface area contributed by atoms with Gasteiger partial charge in [0.25, 0.3) is 0 Å². The molecule has 0 saturated carbocycles. The Morgan fingerprint density at radius 3 is 1.68 bits per heavy atom. The second kappa shape index (κ2) is 14.9. The Balaban J connectivity index is 3.16. The monoisotopic (exact) mass is 668 g/mol. The number of hydrogen-bond donors (Lipinski definition) is 1. The zero-order chi connectivity index (χ0) is 31.2. The molecule has 0 heterocycles. The number of benzene rings is 1. The van der Waals surface area contributed by atoms with E-state index in [4.69, 9.17) is 0 Å². The molecule has 0 aromatic heterocycles. The summed E-state index contributed by atoms with van der Waals surface area (Å²) in [5.41, 5.74) is 2.07. The highest BCUT2D eigenvalue weighted by Gasteiger charge is 2.35. The summed E-state index contributed by atoms with van der Waals surface area (Å²) >= 11 is 2.15. The van der Waals surface area contributed by atoms with Crippen LogP contribution in [0, 0.1) is 11.3 Å². The minimum atomic E-state index is -0.571. The number of ketones is 3. The van der Waals surface area contributed by atoms with Crippen LogP contribution < -0.4 is 5.32 Å². The molecule has 5 nitrogen and oxygen atoms in total. The van der Waals surface area contributed by atoms with Gasteiger partial charge in [0.1, 0.15) is 0 Å². The van der Waals surface area contributed by atoms with E-state index in [0.717, 1.165) is 6.42 Å². The fourth-order valence-corrected chi connectivity index (χ4v) is 4.93. The van der Waals surface area contributed by atoms with Crippen LogP contribution in [0.15, 0.2) is 24.3 Å². The number of Topliss-reactive ketones (excluding diaryl/α,β-unsaturated/α-hetero) is 3. The molecule has 6 heteroatoms. The summed E-state index contributed by atoms with van der Waals surface area (Å²) in [5, 5.41) is 3.68. The Bertz CT molecular complexity index is 952. The summed E-state index contributed by atoms with van der Waals surface area (Å²) in [6.45, 7) is 26.7. The third-order valence-corrected chi connectivity index (χ3v) is 8.45. The van der Waals surface area contributed by atoms with E-state index >= 15 is 0 Å². The first-order valence-corrected chi connectivity index (χ1v) is 16.0. The maximum atomic E-state index is 13.5. The van der Waals surface area contributed by atoms with Crippen molar-refractivity contribution in [3.63, 3.8) is 0 Å². The molecule has 1 aromatic rings. The highest BCUT2D eigenvalue weighted by molar-refractivity contribution is 14.1. The SMILES string of the molecule is CC(C)C(=O)C(CCC(C)c1ccc(C(C)C(C)NC(C)(C)C)cc1)N(CC(=O)C(C)(C)C)CC(=O)C(C)(C)I. The Labute approximate surface area is 259 Å². The van der Waals surface area contributed by atoms with Crippen molar-refractivity contribution in [2.24, 2.45) is 11.3 Å². The minimum absolute atomic E-state index is 0.0318. The molecule has 228 valence electrons. The van der Waals surface area contributed by atoms with Crippen LogP contribution in [-0.4, -0.2) is 56.4 Å². The number of carbonyl (C=O) groups excluding carboxylic acids is 3. The van der Waals surface area contributed by atoms with Gasteiger partial charge in [-0.05, 0) is 77.3 Å². The molecule has 0 aliphatic rings. The number of nitrogens with one attached hydrogen (secondary N) is 1. The van der Waals surface area contributed by atoms with Crippen molar-refractivity contribution in [3.05, 3.63) is 35.4 Å². The van der Waals surface area contributed by atoms with E-state index in [1.54, 1.807) is 0 Å². The van der Waals surface area contributed by atoms with Gasteiger partial charge in [-0.15, -0.1) is 0 Å². The van der Waals surface area contributed by atoms with Crippen LogP contribution in [0.3, 0.4) is 0 Å². The first kappa shape index (κ1) is 36.9. The van der Waals surface area contributed by atoms with E-state index in [1.165, 1.54) is 11.1 Å². The minimum Gasteiger partial charge on any atom is -0.309 e. The Morgan fingerprint density at radius 2 is 1.25 bits per heavy atom. The summed E-state index contributed by atoms with van der Waals surface area (Å²) < 4.78 is -0.571. The van der Waals surface area contributed by atoms with Gasteiger partial charge in [-0.2, -0.15) is 0 Å². The molecule has 0 aliphatic heterocycles. The normalized spacial score (nSPS) is 16.1. The van der Waals surface area contributed by atoms with E-state index in [2.05, 4.69) is 93.7 Å². The van der Waals surface area contributed by atoms with Gasteiger partial charge < -0.3 is 5.32 Å². The van der Waals surface area contributed by atoms with Gasteiger partial charge >= 0.3 is 0 Å². The summed E-state index contributed by atoms with van der Waals surface area (Å²) in [5.74, 6) is 0.613. The van der Waals surface area contributed by atoms with Crippen molar-refractivity contribution in [2.45, 2.75) is 136 Å². The number of halogens is 1. The molecule has 0 radical (unpaired) electrons. The van der Waals surface area contributed by atoms with Gasteiger partial charge in [0, 0.05) is 22.9 Å². The van der Waals surface area contributed by atoms with Crippen LogP contribution in [0.4, 0.5) is 0 Å². The van der Waals surface area contributed by atoms with Crippen molar-refractivity contribution >= 4 is 39.9 Å². The molecular formula is C34H57IN2O3. The maximum Gasteiger partial charge on any atom is 0.162 e. The molecular weight excluding hydrogens is 611 g/mol. The van der Waals surface area contributed by atoms with Crippen LogP contribution in [0.5, 0.6) is 0 Å². The molecule has 1 rings (SSSR count). The molecule has 0 bridgehead atoms. The zero-order valence-corrected chi connectivity index (χ0v) is 29.7. The standard InChI is InChI=1S/C34H57IN2O3/c1-22(2)31(40)28(37(20-29(38)32(6,7)8)21-30(39)34(12,13)35)19-14-23(3)26-15-17-27(18-16-26)24(4)25(5)36-33(9,10)11/h15-18,22-25,28,36H,14,19-21H2,1-13H3. The summed E-state index contributed by atoms with van der Waals surface area (Å²) in [6.07, 6.45) is 1.40. The predicted octanol–water partition coefficient (Wildman–Crippen LogP) is 7.74. The first-order valence-electron chi connectivity index (χ1n) is 15.0. The van der Waals surface area contributed by atoms with E-state index in [1.807, 2.05) is 53.4 Å². The van der Waals surface area contributed by atoms with Crippen LogP contribution in [0.25, 0.3) is 0 Å². The first-order chi connectivity index (χ1) is 18.0. The Morgan fingerprint density at radius 1 is 0.775 bits per heavy atom. The highest BCUT2D eigenvalue weighted by atomic mass is 127. The van der Waals surface area contributed by atoms with Gasteiger partial charge in [-0.1, -0.05) is 95.3 Å². The predicted molar refractivity (Wildman–Crippen MR) is 178 cm³/mol. The molecule has 0 spiro atoms. The number of alkyl halides is 1. The molecule has 40 heavy (non-hydrogen) atoms. The van der Waals surface area contributed by atoms with Crippen molar-refractivity contribution in [2.75, 3.05) is 13.1 Å². The van der Waals surface area contributed by atoms with Crippen LogP contribution in [0.1, 0.15) is 126 Å². The smallest absolute Gasteiger partial charge is 0.162 e. The van der Waals surface area contributed by atoms with Crippen molar-refractivity contribution in [1.29, 1.82) is 0 Å². The van der Waals surface area contributed by atoms with Crippen LogP contribution in [0.2, 0.25) is 0 Å². The van der Waals surface area contributed by atoms with Crippen LogP contribution >= 0.6 is 22.6 Å². The van der Waals surface area contributed by atoms with Gasteiger partial charge in [0.15, 0.2) is 17.3 Å². The largest absolute Gasteiger partial charge is 0.309 e. The van der Waals surface area contributed by atoms with E-state index in [0.29, 0.717) is 18.4 Å². The molecule has 1 N–H and O–H groups in total. The van der Waals surface area contributed by atoms with Crippen molar-refractivity contribution < 1.29 is 14.4 Å². The van der Waals surface area contributed by atoms with Crippen LogP contribution in [-0.2, 0) is 14.4 Å². The highest BCUT2D eigenvalue weighted by Crippen LogP contribution is 2.29. The lowest BCUT2D eigenvalue weighted by Gasteiger charge is -2.34. The fraction of sp³-hybridized carbons (Fsp3) is 0.735. The number of carbonyl (C=O) groups is 3. The molecule has 0 amide bonds. The Hall–Kier alpha value is -1.12. The summed E-state index contributed by atoms with van der Waals surface area (Å²) in [7, 11) is 0. The summed E-state index contributed by atoms with van der Waals surface area (Å²) in [6, 6.07) is 8.75. The van der Waals surface area contributed by atoms with Gasteiger partial charge in [-0.25, -0.2) is 0 Å². The third kappa shape index (κ3) is 12.0. The fourth-order valence-electron chi connectivity index (χ4n) is 4.76. The molecule has 0 saturated heterocycles. The zero-order valence-electron chi connectivity index (χ0n) is 27.6. The molecule has 4 unspecified atom stereocenters. The lowest BCUT2D eigenvalue weighted by atomic mass is 9.86. The van der Waals surface area contributed by atoms with E-state index in [9.17, 15) is 14.4 Å². The maximum absolute atomic E-state index is 13.5. The van der Waals surface area contributed by atoms with E-state index in [-0.39, 0.29) is 47.8 Å². The van der Waals surface area contributed by atoms with Gasteiger partial charge in [0.2, 0.25) is 0 Å². The van der Waals surface area contributed by atoms with Crippen molar-refractivity contribution in [1.82, 2.24) is 10.2 Å². The van der Waals surface area contributed by atoms with Gasteiger partial charge in [0.05, 0.1) is 22.6 Å². The molecule has 0 fully saturated rings. The summed E-state index contributed by atoms with van der Waals surface area (Å²) in [4.78, 5) is 41.6. The lowest BCUT2D eigenvalue weighted by Crippen LogP contribution is -2.51. The quantitative estimate of drug-likeness (QED) is 0.153. The Kier molecular flexibility index (Phi) is 13.7. The number of nitrogens with zero attached hydrogens (tertiary/aromatic N) is 1. The molecule has 1 aromatic carbocycles. The third-order valence-electron chi connectivity index (χ3n) is 7.85. The lowest BCUT2D eigenvalue weighted by molar-refractivity contribution is -0.134. The van der Waals surface area contributed by atoms with Crippen molar-refractivity contribution in [3.8, 4) is 0 Å². The molecule has 4 atom stereocenters. The average molecular weight is 669 g/mol.